The van der Waals surface area contributed by atoms with Gasteiger partial charge in [0.05, 0.1) is 62.6 Å². The summed E-state index contributed by atoms with van der Waals surface area (Å²) >= 11 is 0. The maximum Gasteiger partial charge on any atom is 0.337 e. The minimum atomic E-state index is -1.08. The number of carboxylic acid groups (broad SMARTS) is 2. The number of aliphatic carboxylic acids is 2. The number of methoxy groups -OCH3 is 2. The Labute approximate surface area is 195 Å². The molecule has 2 heterocycles. The highest BCUT2D eigenvalue weighted by Gasteiger charge is 2.40. The summed E-state index contributed by atoms with van der Waals surface area (Å²) < 4.78 is 19.4. The molecule has 0 aromatic heterocycles. The van der Waals surface area contributed by atoms with Crippen LogP contribution in [0.1, 0.15) is 26.7 Å². The molecule has 0 saturated carbocycles. The standard InChI is InChI=1S/2C11H14O6/c2*1-6-8(4-12)7(3-10(13)14)9(5-17-6)11(15)16-2/h2*4-8H,3H2,1-2H3,(H,13,14)/t2*6-,7-,8+/m00/s1. The van der Waals surface area contributed by atoms with Crippen molar-refractivity contribution in [2.45, 2.75) is 38.9 Å². The maximum atomic E-state index is 11.4. The number of aldehydes is 2. The van der Waals surface area contributed by atoms with Crippen LogP contribution in [0.25, 0.3) is 0 Å². The van der Waals surface area contributed by atoms with Gasteiger partial charge in [0.25, 0.3) is 0 Å². The monoisotopic (exact) mass is 484 g/mol. The van der Waals surface area contributed by atoms with Crippen LogP contribution in [0, 0.1) is 23.7 Å². The van der Waals surface area contributed by atoms with Crippen molar-refractivity contribution >= 4 is 36.4 Å². The molecule has 2 N–H and O–H groups in total. The summed E-state index contributed by atoms with van der Waals surface area (Å²) in [6, 6.07) is 0. The van der Waals surface area contributed by atoms with Crippen molar-refractivity contribution in [2.75, 3.05) is 14.2 Å². The smallest absolute Gasteiger partial charge is 0.337 e. The molecule has 0 aliphatic carbocycles. The maximum absolute atomic E-state index is 11.4. The van der Waals surface area contributed by atoms with Crippen molar-refractivity contribution < 1.29 is 57.9 Å². The van der Waals surface area contributed by atoms with Gasteiger partial charge in [0.15, 0.2) is 0 Å². The van der Waals surface area contributed by atoms with Crippen molar-refractivity contribution in [1.29, 1.82) is 0 Å². The number of hydrogen-bond donors (Lipinski definition) is 2. The Morgan fingerprint density at radius 1 is 0.794 bits per heavy atom. The second-order valence-corrected chi connectivity index (χ2v) is 7.65. The first kappa shape index (κ1) is 28.3. The van der Waals surface area contributed by atoms with E-state index in [4.69, 9.17) is 19.7 Å². The summed E-state index contributed by atoms with van der Waals surface area (Å²) in [5, 5.41) is 17.6. The van der Waals surface area contributed by atoms with Crippen LogP contribution in [0.4, 0.5) is 0 Å². The van der Waals surface area contributed by atoms with Crippen LogP contribution in [0.2, 0.25) is 0 Å². The van der Waals surface area contributed by atoms with Crippen molar-refractivity contribution in [3.8, 4) is 0 Å². The molecule has 6 atom stereocenters. The molecule has 12 nitrogen and oxygen atoms in total. The van der Waals surface area contributed by atoms with Crippen LogP contribution < -0.4 is 0 Å². The van der Waals surface area contributed by atoms with Gasteiger partial charge < -0.3 is 38.7 Å². The first-order valence-electron chi connectivity index (χ1n) is 10.2. The van der Waals surface area contributed by atoms with Crippen molar-refractivity contribution in [3.63, 3.8) is 0 Å². The second kappa shape index (κ2) is 13.1. The molecule has 0 spiro atoms. The molecule has 2 rings (SSSR count). The number of carbonyl (C=O) groups excluding carboxylic acids is 4. The molecule has 34 heavy (non-hydrogen) atoms. The summed E-state index contributed by atoms with van der Waals surface area (Å²) in [6.07, 6.45) is 2.09. The van der Waals surface area contributed by atoms with E-state index in [2.05, 4.69) is 9.47 Å². The van der Waals surface area contributed by atoms with Crippen LogP contribution >= 0.6 is 0 Å². The lowest BCUT2D eigenvalue weighted by Crippen LogP contribution is -2.37. The van der Waals surface area contributed by atoms with Crippen LogP contribution in [0.3, 0.4) is 0 Å². The molecule has 12 heteroatoms. The third-order valence-corrected chi connectivity index (χ3v) is 5.58. The summed E-state index contributed by atoms with van der Waals surface area (Å²) in [7, 11) is 2.38. The molecule has 0 bridgehead atoms. The van der Waals surface area contributed by atoms with Crippen LogP contribution in [0.5, 0.6) is 0 Å². The summed E-state index contributed by atoms with van der Waals surface area (Å²) in [5.74, 6) is -6.24. The Morgan fingerprint density at radius 2 is 1.12 bits per heavy atom. The lowest BCUT2D eigenvalue weighted by Gasteiger charge is -2.31. The van der Waals surface area contributed by atoms with E-state index in [0.29, 0.717) is 12.6 Å². The highest BCUT2D eigenvalue weighted by atomic mass is 16.5. The summed E-state index contributed by atoms with van der Waals surface area (Å²) in [4.78, 5) is 66.3. The Morgan fingerprint density at radius 3 is 1.35 bits per heavy atom. The molecule has 2 aliphatic rings. The molecule has 0 fully saturated rings. The van der Waals surface area contributed by atoms with Gasteiger partial charge in [0, 0.05) is 11.8 Å². The number of esters is 2. The van der Waals surface area contributed by atoms with E-state index in [-0.39, 0.29) is 24.0 Å². The fraction of sp³-hybridized carbons (Fsp3) is 0.545. The molecule has 0 aromatic rings. The van der Waals surface area contributed by atoms with Gasteiger partial charge in [-0.25, -0.2) is 9.59 Å². The normalized spacial score (nSPS) is 27.6. The lowest BCUT2D eigenvalue weighted by molar-refractivity contribution is -0.143. The Balaban J connectivity index is 0.000000340. The number of rotatable bonds is 8. The first-order valence-corrected chi connectivity index (χ1v) is 10.2. The predicted octanol–water partition coefficient (Wildman–Crippen LogP) is 0.736. The minimum Gasteiger partial charge on any atom is -0.497 e. The van der Waals surface area contributed by atoms with Crippen molar-refractivity contribution in [2.24, 2.45) is 23.7 Å². The van der Waals surface area contributed by atoms with E-state index >= 15 is 0 Å². The average molecular weight is 484 g/mol. The molecule has 2 aliphatic heterocycles. The summed E-state index contributed by atoms with van der Waals surface area (Å²) in [5.41, 5.74) is 0.176. The zero-order valence-electron chi connectivity index (χ0n) is 19.2. The highest BCUT2D eigenvalue weighted by Crippen LogP contribution is 2.33. The van der Waals surface area contributed by atoms with Gasteiger partial charge in [-0.2, -0.15) is 0 Å². The van der Waals surface area contributed by atoms with E-state index in [1.807, 2.05) is 0 Å². The zero-order chi connectivity index (χ0) is 26.0. The van der Waals surface area contributed by atoms with Gasteiger partial charge in [-0.15, -0.1) is 0 Å². The zero-order valence-corrected chi connectivity index (χ0v) is 19.2. The van der Waals surface area contributed by atoms with Crippen molar-refractivity contribution in [3.05, 3.63) is 23.7 Å². The van der Waals surface area contributed by atoms with E-state index in [9.17, 15) is 28.8 Å². The van der Waals surface area contributed by atoms with Crippen molar-refractivity contribution in [1.82, 2.24) is 0 Å². The number of carbonyl (C=O) groups is 6. The van der Waals surface area contributed by atoms with Gasteiger partial charge in [0.1, 0.15) is 24.8 Å². The molecule has 188 valence electrons. The van der Waals surface area contributed by atoms with E-state index in [1.165, 1.54) is 26.7 Å². The molecular weight excluding hydrogens is 456 g/mol. The lowest BCUT2D eigenvalue weighted by atomic mass is 9.80. The van der Waals surface area contributed by atoms with Crippen LogP contribution in [-0.2, 0) is 47.7 Å². The number of carboxylic acids is 2. The quantitative estimate of drug-likeness (QED) is 0.365. The van der Waals surface area contributed by atoms with Gasteiger partial charge >= 0.3 is 23.9 Å². The molecule has 0 amide bonds. The van der Waals surface area contributed by atoms with Gasteiger partial charge in [-0.1, -0.05) is 0 Å². The predicted molar refractivity (Wildman–Crippen MR) is 112 cm³/mol. The van der Waals surface area contributed by atoms with E-state index < -0.39 is 59.8 Å². The SMILES string of the molecule is COC(=O)C1=CO[C@@H](C)[C@@H](C=O)[C@@H]1CC(=O)O.COC(=O)C1=CO[C@@H](C)[C@@H](C=O)[C@@H]1CC(=O)O. The second-order valence-electron chi connectivity index (χ2n) is 7.65. The van der Waals surface area contributed by atoms with Crippen LogP contribution in [-0.4, -0.2) is 73.1 Å². The third kappa shape index (κ3) is 7.15. The fourth-order valence-electron chi connectivity index (χ4n) is 3.70. The fourth-order valence-corrected chi connectivity index (χ4v) is 3.70. The molecule has 0 radical (unpaired) electrons. The number of ether oxygens (including phenoxy) is 4. The Bertz CT molecular complexity index is 788. The first-order chi connectivity index (χ1) is 16.0. The Hall–Kier alpha value is -3.70. The van der Waals surface area contributed by atoms with Gasteiger partial charge in [0.2, 0.25) is 0 Å². The third-order valence-electron chi connectivity index (χ3n) is 5.58. The molecule has 0 aromatic carbocycles. The molecular formula is C22H28O12. The highest BCUT2D eigenvalue weighted by molar-refractivity contribution is 5.91. The van der Waals surface area contributed by atoms with Crippen LogP contribution in [0.15, 0.2) is 23.7 Å². The minimum absolute atomic E-state index is 0.0881. The average Bonchev–Trinajstić information content (AvgIpc) is 2.78. The topological polar surface area (TPSA) is 180 Å². The Kier molecular flexibility index (Phi) is 10.9. The largest absolute Gasteiger partial charge is 0.497 e. The van der Waals surface area contributed by atoms with Gasteiger partial charge in [-0.3, -0.25) is 9.59 Å². The molecule has 0 unspecified atom stereocenters. The van der Waals surface area contributed by atoms with E-state index in [1.54, 1.807) is 13.8 Å². The molecule has 0 saturated heterocycles. The summed E-state index contributed by atoms with van der Waals surface area (Å²) in [6.45, 7) is 3.30. The van der Waals surface area contributed by atoms with Gasteiger partial charge in [-0.05, 0) is 13.8 Å². The number of hydrogen-bond acceptors (Lipinski definition) is 10. The van der Waals surface area contributed by atoms with E-state index in [0.717, 1.165) is 0 Å².